The molecule has 1 saturated heterocycles. The van der Waals surface area contributed by atoms with Crippen LogP contribution in [-0.2, 0) is 0 Å². The molecule has 1 aliphatic heterocycles. The minimum atomic E-state index is 0. The molecule has 1 atom stereocenters. The second-order valence-corrected chi connectivity index (χ2v) is 7.19. The Balaban J connectivity index is 0.00000208. The molecule has 2 aliphatic rings. The van der Waals surface area contributed by atoms with Gasteiger partial charge in [0.15, 0.2) is 5.96 Å². The Morgan fingerprint density at radius 2 is 1.83 bits per heavy atom. The van der Waals surface area contributed by atoms with Gasteiger partial charge in [0.25, 0.3) is 0 Å². The summed E-state index contributed by atoms with van der Waals surface area (Å²) in [5, 5.41) is 0. The SMILES string of the molecule is CC1CCN(C(CN=C(N)N(C)C2CC2)c2ccccc2)CC1.I. The summed E-state index contributed by atoms with van der Waals surface area (Å²) < 4.78 is 0. The smallest absolute Gasteiger partial charge is 0.191 e. The Bertz CT molecular complexity index is 521. The number of piperidine rings is 1. The molecule has 0 amide bonds. The third-order valence-electron chi connectivity index (χ3n) is 5.33. The molecule has 24 heavy (non-hydrogen) atoms. The number of rotatable bonds is 5. The Labute approximate surface area is 163 Å². The molecule has 0 bridgehead atoms. The van der Waals surface area contributed by atoms with E-state index in [2.05, 4.69) is 54.1 Å². The van der Waals surface area contributed by atoms with Gasteiger partial charge in [0.05, 0.1) is 12.6 Å². The van der Waals surface area contributed by atoms with Crippen molar-refractivity contribution in [1.82, 2.24) is 9.80 Å². The predicted octanol–water partition coefficient (Wildman–Crippen LogP) is 3.49. The van der Waals surface area contributed by atoms with Crippen LogP contribution < -0.4 is 5.73 Å². The molecule has 1 saturated carbocycles. The molecule has 1 unspecified atom stereocenters. The number of guanidine groups is 1. The minimum Gasteiger partial charge on any atom is -0.370 e. The van der Waals surface area contributed by atoms with Crippen molar-refractivity contribution in [3.63, 3.8) is 0 Å². The highest BCUT2D eigenvalue weighted by Crippen LogP contribution is 2.28. The summed E-state index contributed by atoms with van der Waals surface area (Å²) in [7, 11) is 2.07. The lowest BCUT2D eigenvalue weighted by atomic mass is 9.96. The van der Waals surface area contributed by atoms with Gasteiger partial charge < -0.3 is 10.6 Å². The van der Waals surface area contributed by atoms with E-state index in [-0.39, 0.29) is 24.0 Å². The molecule has 134 valence electrons. The largest absolute Gasteiger partial charge is 0.370 e. The number of nitrogens with two attached hydrogens (primary N) is 1. The molecule has 4 nitrogen and oxygen atoms in total. The molecule has 0 aromatic heterocycles. The molecule has 0 spiro atoms. The van der Waals surface area contributed by atoms with Crippen molar-refractivity contribution >= 4 is 29.9 Å². The first kappa shape index (κ1) is 19.5. The van der Waals surface area contributed by atoms with E-state index in [0.29, 0.717) is 18.0 Å². The third kappa shape index (κ3) is 5.09. The van der Waals surface area contributed by atoms with Gasteiger partial charge in [0.1, 0.15) is 0 Å². The van der Waals surface area contributed by atoms with E-state index >= 15 is 0 Å². The molecule has 1 heterocycles. The van der Waals surface area contributed by atoms with Crippen LogP contribution >= 0.6 is 24.0 Å². The summed E-state index contributed by atoms with van der Waals surface area (Å²) in [6.07, 6.45) is 5.06. The average Bonchev–Trinajstić information content (AvgIpc) is 3.41. The van der Waals surface area contributed by atoms with Crippen LogP contribution in [0.25, 0.3) is 0 Å². The maximum Gasteiger partial charge on any atom is 0.191 e. The summed E-state index contributed by atoms with van der Waals surface area (Å²) >= 11 is 0. The lowest BCUT2D eigenvalue weighted by molar-refractivity contribution is 0.141. The summed E-state index contributed by atoms with van der Waals surface area (Å²) in [6.45, 7) is 5.43. The fourth-order valence-electron chi connectivity index (χ4n) is 3.39. The van der Waals surface area contributed by atoms with Crippen molar-refractivity contribution in [2.24, 2.45) is 16.6 Å². The molecule has 1 aliphatic carbocycles. The van der Waals surface area contributed by atoms with Gasteiger partial charge in [-0.25, -0.2) is 0 Å². The molecular weight excluding hydrogens is 411 g/mol. The van der Waals surface area contributed by atoms with Crippen molar-refractivity contribution in [1.29, 1.82) is 0 Å². The summed E-state index contributed by atoms with van der Waals surface area (Å²) in [5.41, 5.74) is 7.55. The van der Waals surface area contributed by atoms with Gasteiger partial charge in [0, 0.05) is 13.1 Å². The highest BCUT2D eigenvalue weighted by atomic mass is 127. The van der Waals surface area contributed by atoms with Gasteiger partial charge in [-0.2, -0.15) is 0 Å². The van der Waals surface area contributed by atoms with Crippen molar-refractivity contribution in [3.05, 3.63) is 35.9 Å². The second kappa shape index (κ2) is 9.04. The van der Waals surface area contributed by atoms with Crippen LogP contribution in [-0.4, -0.2) is 48.5 Å². The van der Waals surface area contributed by atoms with E-state index in [4.69, 9.17) is 10.7 Å². The van der Waals surface area contributed by atoms with Crippen molar-refractivity contribution in [2.75, 3.05) is 26.7 Å². The van der Waals surface area contributed by atoms with Crippen LogP contribution in [0.4, 0.5) is 0 Å². The Morgan fingerprint density at radius 3 is 2.42 bits per heavy atom. The summed E-state index contributed by atoms with van der Waals surface area (Å²) in [6, 6.07) is 11.7. The molecule has 2 N–H and O–H groups in total. The van der Waals surface area contributed by atoms with E-state index < -0.39 is 0 Å². The Kier molecular flexibility index (Phi) is 7.34. The molecule has 0 radical (unpaired) electrons. The zero-order chi connectivity index (χ0) is 16.2. The van der Waals surface area contributed by atoms with Crippen LogP contribution in [0.2, 0.25) is 0 Å². The van der Waals surface area contributed by atoms with Crippen LogP contribution in [0, 0.1) is 5.92 Å². The Hall–Kier alpha value is -0.820. The topological polar surface area (TPSA) is 44.9 Å². The van der Waals surface area contributed by atoms with Crippen LogP contribution in [0.1, 0.15) is 44.2 Å². The van der Waals surface area contributed by atoms with Crippen LogP contribution in [0.15, 0.2) is 35.3 Å². The zero-order valence-corrected chi connectivity index (χ0v) is 17.2. The van der Waals surface area contributed by atoms with Crippen molar-refractivity contribution in [2.45, 2.75) is 44.7 Å². The van der Waals surface area contributed by atoms with Crippen LogP contribution in [0.5, 0.6) is 0 Å². The molecule has 2 fully saturated rings. The number of hydrogen-bond donors (Lipinski definition) is 1. The molecule has 1 aromatic carbocycles. The van der Waals surface area contributed by atoms with Gasteiger partial charge in [-0.15, -0.1) is 24.0 Å². The first-order valence-electron chi connectivity index (χ1n) is 8.97. The zero-order valence-electron chi connectivity index (χ0n) is 14.9. The first-order valence-corrected chi connectivity index (χ1v) is 8.97. The van der Waals surface area contributed by atoms with E-state index in [0.717, 1.165) is 25.6 Å². The number of benzene rings is 1. The quantitative estimate of drug-likeness (QED) is 0.432. The molecule has 1 aromatic rings. The third-order valence-corrected chi connectivity index (χ3v) is 5.33. The number of hydrogen-bond acceptors (Lipinski definition) is 2. The van der Waals surface area contributed by atoms with Crippen LogP contribution in [0.3, 0.4) is 0 Å². The standard InChI is InChI=1S/C19H30N4.HI/c1-15-10-12-23(13-11-15)18(16-6-4-3-5-7-16)14-21-19(20)22(2)17-8-9-17;/h3-7,15,17-18H,8-14H2,1-2H3,(H2,20,21);1H. The van der Waals surface area contributed by atoms with Gasteiger partial charge in [-0.05, 0) is 50.3 Å². The summed E-state index contributed by atoms with van der Waals surface area (Å²) in [4.78, 5) is 9.46. The maximum atomic E-state index is 6.19. The van der Waals surface area contributed by atoms with E-state index in [1.165, 1.54) is 31.2 Å². The summed E-state index contributed by atoms with van der Waals surface area (Å²) in [5.74, 6) is 1.54. The van der Waals surface area contributed by atoms with E-state index in [9.17, 15) is 0 Å². The molecule has 3 rings (SSSR count). The number of likely N-dealkylation sites (tertiary alicyclic amines) is 1. The highest BCUT2D eigenvalue weighted by molar-refractivity contribution is 14.0. The molecule has 5 heteroatoms. The number of aliphatic imine (C=N–C) groups is 1. The van der Waals surface area contributed by atoms with Gasteiger partial charge >= 0.3 is 0 Å². The van der Waals surface area contributed by atoms with E-state index in [1.807, 2.05) is 0 Å². The van der Waals surface area contributed by atoms with Gasteiger partial charge in [0.2, 0.25) is 0 Å². The minimum absolute atomic E-state index is 0. The van der Waals surface area contributed by atoms with Crippen molar-refractivity contribution < 1.29 is 0 Å². The maximum absolute atomic E-state index is 6.19. The van der Waals surface area contributed by atoms with E-state index in [1.54, 1.807) is 0 Å². The Morgan fingerprint density at radius 1 is 1.21 bits per heavy atom. The number of halogens is 1. The molecular formula is C19H31IN4. The van der Waals surface area contributed by atoms with Gasteiger partial charge in [-0.1, -0.05) is 37.3 Å². The van der Waals surface area contributed by atoms with Crippen molar-refractivity contribution in [3.8, 4) is 0 Å². The van der Waals surface area contributed by atoms with Gasteiger partial charge in [-0.3, -0.25) is 9.89 Å². The first-order chi connectivity index (χ1) is 11.1. The highest BCUT2D eigenvalue weighted by Gasteiger charge is 2.28. The average molecular weight is 442 g/mol. The monoisotopic (exact) mass is 442 g/mol. The number of nitrogens with zero attached hydrogens (tertiary/aromatic N) is 3. The lowest BCUT2D eigenvalue weighted by Crippen LogP contribution is -2.39. The lowest BCUT2D eigenvalue weighted by Gasteiger charge is -2.36. The normalized spacial score (nSPS) is 21.2. The fraction of sp³-hybridized carbons (Fsp3) is 0.632. The fourth-order valence-corrected chi connectivity index (χ4v) is 3.39. The second-order valence-electron chi connectivity index (χ2n) is 7.19. The predicted molar refractivity (Wildman–Crippen MR) is 112 cm³/mol.